The highest BCUT2D eigenvalue weighted by atomic mass is 16.5. The van der Waals surface area contributed by atoms with Gasteiger partial charge in [-0.1, -0.05) is 43.3 Å². The molecule has 0 aliphatic heterocycles. The third-order valence-electron chi connectivity index (χ3n) is 5.02. The van der Waals surface area contributed by atoms with E-state index in [1.54, 1.807) is 13.0 Å². The molecule has 0 heterocycles. The Hall–Kier alpha value is -2.66. The summed E-state index contributed by atoms with van der Waals surface area (Å²) in [5.74, 6) is -0.199. The van der Waals surface area contributed by atoms with Crippen molar-refractivity contribution >= 4 is 11.9 Å². The number of likely N-dealkylation sites (N-methyl/N-ethyl adjacent to an activating group) is 2. The standard InChI is InChI=1S/C24H32N2O3/c1-5-25(18-23(27)26(6-2)7-3)17-21-16-20(24(28)29-8-4)14-15-22(21)19-12-10-9-11-13-19/h9-16H,5-8,17-18H2,1-4H3. The smallest absolute Gasteiger partial charge is 0.338 e. The molecule has 156 valence electrons. The Morgan fingerprint density at radius 3 is 2.17 bits per heavy atom. The quantitative estimate of drug-likeness (QED) is 0.564. The molecule has 0 N–H and O–H groups in total. The van der Waals surface area contributed by atoms with Crippen LogP contribution in [0, 0.1) is 0 Å². The highest BCUT2D eigenvalue weighted by Crippen LogP contribution is 2.26. The number of benzene rings is 2. The van der Waals surface area contributed by atoms with E-state index >= 15 is 0 Å². The highest BCUT2D eigenvalue weighted by molar-refractivity contribution is 5.90. The molecule has 2 aromatic carbocycles. The predicted molar refractivity (Wildman–Crippen MR) is 117 cm³/mol. The second-order valence-corrected chi connectivity index (χ2v) is 6.83. The number of rotatable bonds is 10. The van der Waals surface area contributed by atoms with Crippen molar-refractivity contribution in [3.05, 3.63) is 59.7 Å². The lowest BCUT2D eigenvalue weighted by atomic mass is 9.97. The molecule has 0 bridgehead atoms. The fourth-order valence-electron chi connectivity index (χ4n) is 3.35. The molecule has 2 rings (SSSR count). The summed E-state index contributed by atoms with van der Waals surface area (Å²) in [6, 6.07) is 15.8. The van der Waals surface area contributed by atoms with Crippen LogP contribution in [0.1, 0.15) is 43.6 Å². The maximum Gasteiger partial charge on any atom is 0.338 e. The number of carbonyl (C=O) groups is 2. The van der Waals surface area contributed by atoms with Crippen molar-refractivity contribution in [2.45, 2.75) is 34.2 Å². The molecular weight excluding hydrogens is 364 g/mol. The van der Waals surface area contributed by atoms with Crippen LogP contribution in [0.25, 0.3) is 11.1 Å². The summed E-state index contributed by atoms with van der Waals surface area (Å²) in [6.45, 7) is 11.3. The van der Waals surface area contributed by atoms with Gasteiger partial charge in [-0.2, -0.15) is 0 Å². The van der Waals surface area contributed by atoms with E-state index in [2.05, 4.69) is 17.0 Å². The van der Waals surface area contributed by atoms with Gasteiger partial charge in [-0.15, -0.1) is 0 Å². The molecule has 0 saturated heterocycles. The topological polar surface area (TPSA) is 49.9 Å². The average Bonchev–Trinajstić information content (AvgIpc) is 2.74. The maximum absolute atomic E-state index is 12.6. The van der Waals surface area contributed by atoms with Gasteiger partial charge in [-0.3, -0.25) is 9.69 Å². The van der Waals surface area contributed by atoms with Crippen LogP contribution < -0.4 is 0 Å². The molecule has 0 radical (unpaired) electrons. The Bertz CT molecular complexity index is 801. The third-order valence-corrected chi connectivity index (χ3v) is 5.02. The second kappa shape index (κ2) is 11.4. The molecule has 0 spiro atoms. The molecule has 0 aliphatic carbocycles. The number of ether oxygens (including phenoxy) is 1. The molecule has 1 amide bonds. The average molecular weight is 397 g/mol. The van der Waals surface area contributed by atoms with Gasteiger partial charge in [0.1, 0.15) is 0 Å². The van der Waals surface area contributed by atoms with E-state index in [9.17, 15) is 9.59 Å². The lowest BCUT2D eigenvalue weighted by Gasteiger charge is -2.26. The number of hydrogen-bond donors (Lipinski definition) is 0. The van der Waals surface area contributed by atoms with Crippen LogP contribution in [0.2, 0.25) is 0 Å². The Morgan fingerprint density at radius 2 is 1.59 bits per heavy atom. The minimum absolute atomic E-state index is 0.125. The van der Waals surface area contributed by atoms with Crippen molar-refractivity contribution in [3.63, 3.8) is 0 Å². The molecule has 0 fully saturated rings. The SMILES string of the molecule is CCOC(=O)c1ccc(-c2ccccc2)c(CN(CC)CC(=O)N(CC)CC)c1. The van der Waals surface area contributed by atoms with Gasteiger partial charge in [0.25, 0.3) is 0 Å². The largest absolute Gasteiger partial charge is 0.462 e. The molecule has 29 heavy (non-hydrogen) atoms. The number of nitrogens with zero attached hydrogens (tertiary/aromatic N) is 2. The summed E-state index contributed by atoms with van der Waals surface area (Å²) in [4.78, 5) is 28.8. The van der Waals surface area contributed by atoms with Crippen molar-refractivity contribution in [3.8, 4) is 11.1 Å². The van der Waals surface area contributed by atoms with Crippen molar-refractivity contribution < 1.29 is 14.3 Å². The molecule has 5 heteroatoms. The van der Waals surface area contributed by atoms with Crippen LogP contribution in [-0.4, -0.2) is 54.5 Å². The fraction of sp³-hybridized carbons (Fsp3) is 0.417. The van der Waals surface area contributed by atoms with Crippen LogP contribution in [0.3, 0.4) is 0 Å². The summed E-state index contributed by atoms with van der Waals surface area (Å²) in [5, 5.41) is 0. The Kier molecular flexibility index (Phi) is 8.87. The Balaban J connectivity index is 2.34. The third kappa shape index (κ3) is 6.16. The van der Waals surface area contributed by atoms with Gasteiger partial charge >= 0.3 is 5.97 Å². The number of hydrogen-bond acceptors (Lipinski definition) is 4. The van der Waals surface area contributed by atoms with Crippen LogP contribution in [0.5, 0.6) is 0 Å². The Labute approximate surface area is 174 Å². The van der Waals surface area contributed by atoms with Crippen molar-refractivity contribution in [2.75, 3.05) is 32.8 Å². The number of esters is 1. The first kappa shape index (κ1) is 22.6. The lowest BCUT2D eigenvalue weighted by Crippen LogP contribution is -2.40. The van der Waals surface area contributed by atoms with E-state index < -0.39 is 0 Å². The van der Waals surface area contributed by atoms with Crippen LogP contribution in [0.15, 0.2) is 48.5 Å². The summed E-state index contributed by atoms with van der Waals surface area (Å²) < 4.78 is 5.17. The van der Waals surface area contributed by atoms with Gasteiger partial charge in [-0.25, -0.2) is 4.79 Å². The number of carbonyl (C=O) groups excluding carboxylic acids is 2. The lowest BCUT2D eigenvalue weighted by molar-refractivity contribution is -0.132. The summed E-state index contributed by atoms with van der Waals surface area (Å²) in [6.07, 6.45) is 0. The van der Waals surface area contributed by atoms with Gasteiger partial charge in [0.2, 0.25) is 5.91 Å². The molecular formula is C24H32N2O3. The van der Waals surface area contributed by atoms with Crippen LogP contribution in [-0.2, 0) is 16.1 Å². The van der Waals surface area contributed by atoms with Gasteiger partial charge in [0, 0.05) is 19.6 Å². The zero-order valence-electron chi connectivity index (χ0n) is 18.0. The minimum Gasteiger partial charge on any atom is -0.462 e. The van der Waals surface area contributed by atoms with Gasteiger partial charge in [-0.05, 0) is 56.1 Å². The van der Waals surface area contributed by atoms with Crippen molar-refractivity contribution in [1.29, 1.82) is 0 Å². The maximum atomic E-state index is 12.6. The molecule has 0 unspecified atom stereocenters. The molecule has 5 nitrogen and oxygen atoms in total. The molecule has 0 aliphatic rings. The van der Waals surface area contributed by atoms with E-state index in [4.69, 9.17) is 4.74 Å². The van der Waals surface area contributed by atoms with E-state index in [-0.39, 0.29) is 11.9 Å². The molecule has 0 atom stereocenters. The van der Waals surface area contributed by atoms with E-state index in [1.807, 2.05) is 56.0 Å². The molecule has 2 aromatic rings. The highest BCUT2D eigenvalue weighted by Gasteiger charge is 2.17. The first-order chi connectivity index (χ1) is 14.0. The normalized spacial score (nSPS) is 10.8. The van der Waals surface area contributed by atoms with E-state index in [1.165, 1.54) is 0 Å². The first-order valence-electron chi connectivity index (χ1n) is 10.4. The predicted octanol–water partition coefficient (Wildman–Crippen LogP) is 4.22. The van der Waals surface area contributed by atoms with Crippen molar-refractivity contribution in [2.24, 2.45) is 0 Å². The monoisotopic (exact) mass is 396 g/mol. The fourth-order valence-corrected chi connectivity index (χ4v) is 3.35. The van der Waals surface area contributed by atoms with E-state index in [0.717, 1.165) is 23.2 Å². The van der Waals surface area contributed by atoms with Crippen LogP contribution >= 0.6 is 0 Å². The number of amides is 1. The minimum atomic E-state index is -0.323. The van der Waals surface area contributed by atoms with Gasteiger partial charge < -0.3 is 9.64 Å². The Morgan fingerprint density at radius 1 is 0.897 bits per heavy atom. The zero-order valence-corrected chi connectivity index (χ0v) is 18.0. The van der Waals surface area contributed by atoms with E-state index in [0.29, 0.717) is 38.3 Å². The first-order valence-corrected chi connectivity index (χ1v) is 10.4. The summed E-state index contributed by atoms with van der Waals surface area (Å²) in [7, 11) is 0. The summed E-state index contributed by atoms with van der Waals surface area (Å²) >= 11 is 0. The second-order valence-electron chi connectivity index (χ2n) is 6.83. The van der Waals surface area contributed by atoms with Gasteiger partial charge in [0.05, 0.1) is 18.7 Å². The molecule has 0 saturated carbocycles. The summed E-state index contributed by atoms with van der Waals surface area (Å²) in [5.41, 5.74) is 3.69. The molecule has 0 aromatic heterocycles. The van der Waals surface area contributed by atoms with Crippen molar-refractivity contribution in [1.82, 2.24) is 9.80 Å². The van der Waals surface area contributed by atoms with Gasteiger partial charge in [0.15, 0.2) is 0 Å². The zero-order chi connectivity index (χ0) is 21.2. The van der Waals surface area contributed by atoms with Crippen LogP contribution in [0.4, 0.5) is 0 Å².